The molecule has 0 saturated heterocycles. The highest BCUT2D eigenvalue weighted by molar-refractivity contribution is 5.94. The lowest BCUT2D eigenvalue weighted by Crippen LogP contribution is -2.16. The van der Waals surface area contributed by atoms with E-state index in [9.17, 15) is 4.79 Å². The van der Waals surface area contributed by atoms with Crippen LogP contribution in [0.2, 0.25) is 0 Å². The van der Waals surface area contributed by atoms with Gasteiger partial charge >= 0.3 is 0 Å². The van der Waals surface area contributed by atoms with E-state index in [1.807, 2.05) is 44.2 Å². The second-order valence-corrected chi connectivity index (χ2v) is 3.15. The Morgan fingerprint density at radius 1 is 1.36 bits per heavy atom. The molecule has 0 aliphatic rings. The van der Waals surface area contributed by atoms with Gasteiger partial charge in [0, 0.05) is 11.8 Å². The molecule has 0 aromatic heterocycles. The third-order valence-corrected chi connectivity index (χ3v) is 1.88. The van der Waals surface area contributed by atoms with Crippen molar-refractivity contribution in [3.05, 3.63) is 47.7 Å². The minimum Gasteiger partial charge on any atom is -0.329 e. The van der Waals surface area contributed by atoms with Crippen molar-refractivity contribution in [2.75, 3.05) is 0 Å². The van der Waals surface area contributed by atoms with Crippen LogP contribution < -0.4 is 5.32 Å². The smallest absolute Gasteiger partial charge is 0.255 e. The number of carbonyl (C=O) groups excluding carboxylic acids is 1. The molecule has 1 aromatic rings. The molecule has 0 aliphatic carbocycles. The Labute approximate surface area is 84.6 Å². The molecule has 0 fully saturated rings. The summed E-state index contributed by atoms with van der Waals surface area (Å²) < 4.78 is 0. The highest BCUT2D eigenvalue weighted by Gasteiger charge is 2.00. The van der Waals surface area contributed by atoms with E-state index in [1.165, 1.54) is 0 Å². The molecule has 0 saturated carbocycles. The van der Waals surface area contributed by atoms with Crippen molar-refractivity contribution in [1.82, 2.24) is 5.32 Å². The average Bonchev–Trinajstić information content (AvgIpc) is 2.19. The molecular weight excluding hydrogens is 174 g/mol. The Morgan fingerprint density at radius 2 is 2.00 bits per heavy atom. The first-order valence-corrected chi connectivity index (χ1v) is 4.76. The lowest BCUT2D eigenvalue weighted by Gasteiger charge is -2.00. The molecule has 0 aliphatic heterocycles. The first-order chi connectivity index (χ1) is 6.74. The zero-order valence-corrected chi connectivity index (χ0v) is 8.58. The van der Waals surface area contributed by atoms with Gasteiger partial charge in [-0.05, 0) is 25.5 Å². The summed E-state index contributed by atoms with van der Waals surface area (Å²) in [6, 6.07) is 7.51. The van der Waals surface area contributed by atoms with Crippen LogP contribution in [0.25, 0.3) is 0 Å². The van der Waals surface area contributed by atoms with Gasteiger partial charge in [-0.3, -0.25) is 4.79 Å². The van der Waals surface area contributed by atoms with Crippen molar-refractivity contribution in [3.63, 3.8) is 0 Å². The fraction of sp³-hybridized carbons (Fsp3) is 0.250. The zero-order valence-electron chi connectivity index (χ0n) is 8.58. The summed E-state index contributed by atoms with van der Waals surface area (Å²) in [5, 5.41) is 2.70. The largest absolute Gasteiger partial charge is 0.329 e. The average molecular weight is 189 g/mol. The highest BCUT2D eigenvalue weighted by atomic mass is 16.1. The Balaban J connectivity index is 2.61. The third-order valence-electron chi connectivity index (χ3n) is 1.88. The summed E-state index contributed by atoms with van der Waals surface area (Å²) in [6.45, 7) is 4.02. The number of allylic oxidation sites excluding steroid dienone is 1. The highest BCUT2D eigenvalue weighted by Crippen LogP contribution is 2.02. The van der Waals surface area contributed by atoms with E-state index in [0.717, 1.165) is 12.0 Å². The van der Waals surface area contributed by atoms with Crippen LogP contribution >= 0.6 is 0 Å². The van der Waals surface area contributed by atoms with Gasteiger partial charge < -0.3 is 5.32 Å². The lowest BCUT2D eigenvalue weighted by molar-refractivity contribution is 0.0970. The molecular formula is C12H15NO. The van der Waals surface area contributed by atoms with Crippen LogP contribution in [0, 0.1) is 6.92 Å². The maximum atomic E-state index is 11.5. The van der Waals surface area contributed by atoms with Crippen LogP contribution in [0.15, 0.2) is 36.5 Å². The van der Waals surface area contributed by atoms with E-state index >= 15 is 0 Å². The van der Waals surface area contributed by atoms with Gasteiger partial charge in [-0.15, -0.1) is 0 Å². The van der Waals surface area contributed by atoms with E-state index in [2.05, 4.69) is 5.32 Å². The van der Waals surface area contributed by atoms with Gasteiger partial charge in [0.25, 0.3) is 5.91 Å². The van der Waals surface area contributed by atoms with Crippen LogP contribution in [0.3, 0.4) is 0 Å². The molecule has 14 heavy (non-hydrogen) atoms. The summed E-state index contributed by atoms with van der Waals surface area (Å²) in [6.07, 6.45) is 4.52. The van der Waals surface area contributed by atoms with Crippen LogP contribution in [-0.4, -0.2) is 5.91 Å². The van der Waals surface area contributed by atoms with Gasteiger partial charge in [0.2, 0.25) is 0 Å². The predicted molar refractivity (Wildman–Crippen MR) is 58.1 cm³/mol. The summed E-state index contributed by atoms with van der Waals surface area (Å²) in [5.41, 5.74) is 1.85. The summed E-state index contributed by atoms with van der Waals surface area (Å²) in [4.78, 5) is 11.5. The number of nitrogens with one attached hydrogen (secondary N) is 1. The quantitative estimate of drug-likeness (QED) is 0.778. The van der Waals surface area contributed by atoms with E-state index < -0.39 is 0 Å². The van der Waals surface area contributed by atoms with Gasteiger partial charge in [-0.2, -0.15) is 0 Å². The van der Waals surface area contributed by atoms with E-state index in [-0.39, 0.29) is 5.91 Å². The number of hydrogen-bond acceptors (Lipinski definition) is 1. The van der Waals surface area contributed by atoms with E-state index in [1.54, 1.807) is 6.20 Å². The first-order valence-electron chi connectivity index (χ1n) is 4.76. The van der Waals surface area contributed by atoms with Gasteiger partial charge in [-0.25, -0.2) is 0 Å². The number of amides is 1. The molecule has 74 valence electrons. The van der Waals surface area contributed by atoms with Crippen molar-refractivity contribution >= 4 is 5.91 Å². The summed E-state index contributed by atoms with van der Waals surface area (Å²) >= 11 is 0. The Bertz CT molecular complexity index is 325. The Kier molecular flexibility index (Phi) is 3.92. The topological polar surface area (TPSA) is 29.1 Å². The summed E-state index contributed by atoms with van der Waals surface area (Å²) in [5.74, 6) is -0.0605. The molecule has 1 rings (SSSR count). The van der Waals surface area contributed by atoms with Crippen LogP contribution in [0.5, 0.6) is 0 Å². The zero-order chi connectivity index (χ0) is 10.4. The van der Waals surface area contributed by atoms with Crippen molar-refractivity contribution in [2.45, 2.75) is 20.3 Å². The van der Waals surface area contributed by atoms with Gasteiger partial charge in [-0.1, -0.05) is 30.7 Å². The number of benzene rings is 1. The third kappa shape index (κ3) is 3.05. The fourth-order valence-electron chi connectivity index (χ4n) is 1.04. The predicted octanol–water partition coefficient (Wildman–Crippen LogP) is 2.65. The van der Waals surface area contributed by atoms with Crippen molar-refractivity contribution in [2.24, 2.45) is 0 Å². The van der Waals surface area contributed by atoms with Crippen LogP contribution in [0.1, 0.15) is 29.3 Å². The number of carbonyl (C=O) groups is 1. The number of hydrogen-bond donors (Lipinski definition) is 1. The SMILES string of the molecule is CC/C=C\NC(=O)c1ccc(C)cc1. The molecule has 1 aromatic carbocycles. The maximum Gasteiger partial charge on any atom is 0.255 e. The number of aryl methyl sites for hydroxylation is 1. The molecule has 2 heteroatoms. The molecule has 0 bridgehead atoms. The molecule has 1 N–H and O–H groups in total. The minimum atomic E-state index is -0.0605. The molecule has 0 radical (unpaired) electrons. The minimum absolute atomic E-state index is 0.0605. The second kappa shape index (κ2) is 5.22. The molecule has 0 atom stereocenters. The normalized spacial score (nSPS) is 10.4. The molecule has 2 nitrogen and oxygen atoms in total. The lowest BCUT2D eigenvalue weighted by atomic mass is 10.1. The Hall–Kier alpha value is -1.57. The summed E-state index contributed by atoms with van der Waals surface area (Å²) in [7, 11) is 0. The Morgan fingerprint density at radius 3 is 2.57 bits per heavy atom. The van der Waals surface area contributed by atoms with Crippen LogP contribution in [0.4, 0.5) is 0 Å². The molecule has 1 amide bonds. The number of rotatable bonds is 3. The monoisotopic (exact) mass is 189 g/mol. The van der Waals surface area contributed by atoms with Gasteiger partial charge in [0.05, 0.1) is 0 Å². The molecule has 0 spiro atoms. The van der Waals surface area contributed by atoms with Crippen molar-refractivity contribution in [3.8, 4) is 0 Å². The van der Waals surface area contributed by atoms with Gasteiger partial charge in [0.1, 0.15) is 0 Å². The first kappa shape index (κ1) is 10.5. The van der Waals surface area contributed by atoms with Crippen molar-refractivity contribution in [1.29, 1.82) is 0 Å². The van der Waals surface area contributed by atoms with Crippen molar-refractivity contribution < 1.29 is 4.79 Å². The van der Waals surface area contributed by atoms with E-state index in [4.69, 9.17) is 0 Å². The maximum absolute atomic E-state index is 11.5. The molecule has 0 heterocycles. The second-order valence-electron chi connectivity index (χ2n) is 3.15. The van der Waals surface area contributed by atoms with Crippen LogP contribution in [-0.2, 0) is 0 Å². The standard InChI is InChI=1S/C12H15NO/c1-3-4-9-13-12(14)11-7-5-10(2)6-8-11/h4-9H,3H2,1-2H3,(H,13,14)/b9-4-. The fourth-order valence-corrected chi connectivity index (χ4v) is 1.04. The van der Waals surface area contributed by atoms with E-state index in [0.29, 0.717) is 5.56 Å². The van der Waals surface area contributed by atoms with Gasteiger partial charge in [0.15, 0.2) is 0 Å². The molecule has 0 unspecified atom stereocenters.